The maximum atomic E-state index is 13.5. The summed E-state index contributed by atoms with van der Waals surface area (Å²) in [6, 6.07) is 25.9. The van der Waals surface area contributed by atoms with Gasteiger partial charge in [-0.1, -0.05) is 48.5 Å². The van der Waals surface area contributed by atoms with Gasteiger partial charge in [0.15, 0.2) is 0 Å². The van der Waals surface area contributed by atoms with Crippen LogP contribution in [0.2, 0.25) is 0 Å². The average Bonchev–Trinajstić information content (AvgIpc) is 3.18. The number of nitrogens with zero attached hydrogens (tertiary/aromatic N) is 1. The molecule has 4 nitrogen and oxygen atoms in total. The third kappa shape index (κ3) is 3.14. The number of nitrogens with one attached hydrogen (secondary N) is 1. The minimum Gasteiger partial charge on any atom is -0.494 e. The van der Waals surface area contributed by atoms with Crippen LogP contribution in [0.25, 0.3) is 10.9 Å². The lowest BCUT2D eigenvalue weighted by Gasteiger charge is -2.36. The highest BCUT2D eigenvalue weighted by atomic mass is 16.5. The van der Waals surface area contributed by atoms with E-state index in [-0.39, 0.29) is 11.9 Å². The molecule has 30 heavy (non-hydrogen) atoms. The molecule has 0 saturated carbocycles. The molecule has 5 rings (SSSR count). The van der Waals surface area contributed by atoms with E-state index in [0.717, 1.165) is 28.9 Å². The highest BCUT2D eigenvalue weighted by molar-refractivity contribution is 5.95. The lowest BCUT2D eigenvalue weighted by molar-refractivity contribution is 0.0692. The van der Waals surface area contributed by atoms with Gasteiger partial charge in [0.05, 0.1) is 12.6 Å². The summed E-state index contributed by atoms with van der Waals surface area (Å²) in [5.41, 5.74) is 5.33. The van der Waals surface area contributed by atoms with E-state index in [0.29, 0.717) is 18.7 Å². The van der Waals surface area contributed by atoms with E-state index in [1.54, 1.807) is 0 Å². The monoisotopic (exact) mass is 396 g/mol. The Bertz CT molecular complexity index is 1180. The quantitative estimate of drug-likeness (QED) is 0.505. The summed E-state index contributed by atoms with van der Waals surface area (Å²) in [4.78, 5) is 19.1. The van der Waals surface area contributed by atoms with Crippen LogP contribution in [0, 0.1) is 0 Å². The number of carbonyl (C=O) groups is 1. The second kappa shape index (κ2) is 7.71. The van der Waals surface area contributed by atoms with Gasteiger partial charge in [-0.2, -0.15) is 0 Å². The van der Waals surface area contributed by atoms with E-state index < -0.39 is 0 Å². The third-order valence-electron chi connectivity index (χ3n) is 5.82. The van der Waals surface area contributed by atoms with Gasteiger partial charge in [0.25, 0.3) is 5.91 Å². The van der Waals surface area contributed by atoms with E-state index in [9.17, 15) is 4.79 Å². The van der Waals surface area contributed by atoms with Crippen LogP contribution in [0.1, 0.15) is 40.1 Å². The summed E-state index contributed by atoms with van der Waals surface area (Å²) in [5, 5.41) is 1.25. The summed E-state index contributed by atoms with van der Waals surface area (Å²) in [6.45, 7) is 3.29. The molecule has 1 aromatic heterocycles. The minimum atomic E-state index is -0.162. The fourth-order valence-electron chi connectivity index (χ4n) is 4.47. The van der Waals surface area contributed by atoms with Gasteiger partial charge in [-0.05, 0) is 54.8 Å². The number of amides is 1. The molecular formula is C26H24N2O2. The van der Waals surface area contributed by atoms with Crippen molar-refractivity contribution in [2.24, 2.45) is 0 Å². The first-order valence-electron chi connectivity index (χ1n) is 10.4. The van der Waals surface area contributed by atoms with Crippen molar-refractivity contribution in [2.45, 2.75) is 19.4 Å². The van der Waals surface area contributed by atoms with Crippen LogP contribution in [-0.2, 0) is 6.42 Å². The molecule has 1 amide bonds. The molecule has 0 saturated heterocycles. The van der Waals surface area contributed by atoms with Crippen molar-refractivity contribution in [3.05, 3.63) is 101 Å². The molecule has 150 valence electrons. The van der Waals surface area contributed by atoms with Gasteiger partial charge in [-0.25, -0.2) is 0 Å². The first-order valence-corrected chi connectivity index (χ1v) is 10.4. The predicted octanol–water partition coefficient (Wildman–Crippen LogP) is 5.35. The molecule has 1 atom stereocenters. The van der Waals surface area contributed by atoms with Crippen LogP contribution in [0.4, 0.5) is 0 Å². The molecule has 0 radical (unpaired) electrons. The number of ether oxygens (including phenoxy) is 1. The molecule has 0 bridgehead atoms. The summed E-state index contributed by atoms with van der Waals surface area (Å²) in [7, 11) is 0. The number of aromatic amines is 1. The maximum Gasteiger partial charge on any atom is 0.254 e. The molecule has 2 heterocycles. The number of para-hydroxylation sites is 1. The van der Waals surface area contributed by atoms with Crippen molar-refractivity contribution in [2.75, 3.05) is 13.2 Å². The molecule has 1 unspecified atom stereocenters. The number of benzene rings is 3. The second-order valence-electron chi connectivity index (χ2n) is 7.58. The van der Waals surface area contributed by atoms with Crippen LogP contribution in [0.5, 0.6) is 5.75 Å². The van der Waals surface area contributed by atoms with E-state index in [1.807, 2.05) is 60.4 Å². The normalized spacial score (nSPS) is 15.8. The van der Waals surface area contributed by atoms with Crippen LogP contribution in [0.3, 0.4) is 0 Å². The Kier molecular flexibility index (Phi) is 4.75. The van der Waals surface area contributed by atoms with Crippen molar-refractivity contribution in [1.29, 1.82) is 0 Å². The number of fused-ring (bicyclic) bond motifs is 3. The van der Waals surface area contributed by atoms with E-state index >= 15 is 0 Å². The summed E-state index contributed by atoms with van der Waals surface area (Å²) >= 11 is 0. The Morgan fingerprint density at radius 2 is 1.73 bits per heavy atom. The smallest absolute Gasteiger partial charge is 0.254 e. The number of hydrogen-bond acceptors (Lipinski definition) is 2. The van der Waals surface area contributed by atoms with Crippen molar-refractivity contribution < 1.29 is 9.53 Å². The maximum absolute atomic E-state index is 13.5. The van der Waals surface area contributed by atoms with Gasteiger partial charge in [0.1, 0.15) is 5.75 Å². The molecule has 0 aliphatic carbocycles. The number of aromatic nitrogens is 1. The summed E-state index contributed by atoms with van der Waals surface area (Å²) in [6.07, 6.45) is 0.839. The Morgan fingerprint density at radius 1 is 1.00 bits per heavy atom. The molecule has 0 spiro atoms. The molecule has 0 fully saturated rings. The molecule has 4 aromatic rings. The number of hydrogen-bond donors (Lipinski definition) is 1. The van der Waals surface area contributed by atoms with Gasteiger partial charge >= 0.3 is 0 Å². The van der Waals surface area contributed by atoms with Gasteiger partial charge in [0, 0.05) is 28.7 Å². The average molecular weight is 396 g/mol. The molecular weight excluding hydrogens is 372 g/mol. The van der Waals surface area contributed by atoms with Crippen LogP contribution in [0.15, 0.2) is 78.9 Å². The Hall–Kier alpha value is -3.53. The Balaban J connectivity index is 1.63. The van der Waals surface area contributed by atoms with Crippen molar-refractivity contribution >= 4 is 16.8 Å². The fraction of sp³-hybridized carbons (Fsp3) is 0.192. The van der Waals surface area contributed by atoms with E-state index in [1.165, 1.54) is 10.9 Å². The molecule has 3 aromatic carbocycles. The van der Waals surface area contributed by atoms with Gasteiger partial charge in [-0.15, -0.1) is 0 Å². The highest BCUT2D eigenvalue weighted by Crippen LogP contribution is 2.39. The lowest BCUT2D eigenvalue weighted by atomic mass is 9.91. The van der Waals surface area contributed by atoms with Crippen molar-refractivity contribution in [3.8, 4) is 5.75 Å². The summed E-state index contributed by atoms with van der Waals surface area (Å²) in [5.74, 6) is 0.897. The van der Waals surface area contributed by atoms with Crippen LogP contribution in [-0.4, -0.2) is 28.9 Å². The molecule has 1 aliphatic rings. The predicted molar refractivity (Wildman–Crippen MR) is 119 cm³/mol. The van der Waals surface area contributed by atoms with E-state index in [4.69, 9.17) is 4.74 Å². The van der Waals surface area contributed by atoms with Crippen molar-refractivity contribution in [1.82, 2.24) is 9.88 Å². The largest absolute Gasteiger partial charge is 0.494 e. The first-order chi connectivity index (χ1) is 14.8. The Morgan fingerprint density at radius 3 is 2.50 bits per heavy atom. The first kappa shape index (κ1) is 18.5. The zero-order valence-electron chi connectivity index (χ0n) is 17.0. The third-order valence-corrected chi connectivity index (χ3v) is 5.82. The van der Waals surface area contributed by atoms with Crippen molar-refractivity contribution in [3.63, 3.8) is 0 Å². The van der Waals surface area contributed by atoms with Gasteiger partial charge in [-0.3, -0.25) is 4.79 Å². The van der Waals surface area contributed by atoms with Gasteiger partial charge in [0.2, 0.25) is 0 Å². The van der Waals surface area contributed by atoms with Crippen LogP contribution >= 0.6 is 0 Å². The number of rotatable bonds is 4. The zero-order valence-corrected chi connectivity index (χ0v) is 17.0. The minimum absolute atomic E-state index is 0.0544. The van der Waals surface area contributed by atoms with Gasteiger partial charge < -0.3 is 14.6 Å². The lowest BCUT2D eigenvalue weighted by Crippen LogP contribution is -2.40. The molecule has 1 N–H and O–H groups in total. The Labute approximate surface area is 176 Å². The molecule has 1 aliphatic heterocycles. The number of H-pyrrole nitrogens is 1. The second-order valence-corrected chi connectivity index (χ2v) is 7.58. The van der Waals surface area contributed by atoms with E-state index in [2.05, 4.69) is 35.3 Å². The number of carbonyl (C=O) groups excluding carboxylic acids is 1. The topological polar surface area (TPSA) is 45.3 Å². The van der Waals surface area contributed by atoms with Crippen LogP contribution < -0.4 is 4.74 Å². The fourth-order valence-corrected chi connectivity index (χ4v) is 4.47. The summed E-state index contributed by atoms with van der Waals surface area (Å²) < 4.78 is 5.62. The highest BCUT2D eigenvalue weighted by Gasteiger charge is 2.34. The zero-order chi connectivity index (χ0) is 20.5. The molecule has 4 heteroatoms. The standard InChI is InChI=1S/C26H24N2O2/c1-2-30-20-14-12-18(13-15-20)25-24-22(21-10-6-7-11-23(21)27-24)16-17-28(25)26(29)19-8-4-3-5-9-19/h3-15,25,27H,2,16-17H2,1H3. The SMILES string of the molecule is CCOc1ccc(C2c3[nH]c4ccccc4c3CCN2C(=O)c2ccccc2)cc1.